The third-order valence-corrected chi connectivity index (χ3v) is 7.27. The predicted octanol–water partition coefficient (Wildman–Crippen LogP) is 3.36. The van der Waals surface area contributed by atoms with Gasteiger partial charge >= 0.3 is 0 Å². The molecule has 3 rings (SSSR count). The first-order valence-corrected chi connectivity index (χ1v) is 13.2. The number of amides is 1. The number of carbonyl (C=O) groups excluding carboxylic acids is 1. The SMILES string of the molecule is Cc1ccc([N+](=O)[O-])cc1N([C@H](C)C(=O)NCc1cccc(CN2CCCCC2)c1)S(C)(=O)=O. The van der Waals surface area contributed by atoms with E-state index in [1.807, 2.05) is 12.1 Å². The van der Waals surface area contributed by atoms with Crippen molar-refractivity contribution in [3.63, 3.8) is 0 Å². The smallest absolute Gasteiger partial charge is 0.271 e. The molecule has 2 aromatic carbocycles. The Kier molecular flexibility index (Phi) is 8.27. The van der Waals surface area contributed by atoms with Gasteiger partial charge in [0.05, 0.1) is 16.9 Å². The summed E-state index contributed by atoms with van der Waals surface area (Å²) in [7, 11) is -3.89. The molecule has 184 valence electrons. The second-order valence-electron chi connectivity index (χ2n) is 8.84. The molecule has 9 nitrogen and oxygen atoms in total. The number of non-ortho nitro benzene ring substituents is 1. The van der Waals surface area contributed by atoms with E-state index in [1.54, 1.807) is 6.92 Å². The van der Waals surface area contributed by atoms with Crippen LogP contribution in [0.4, 0.5) is 11.4 Å². The Morgan fingerprint density at radius 3 is 2.47 bits per heavy atom. The summed E-state index contributed by atoms with van der Waals surface area (Å²) in [5, 5.41) is 14.0. The molecule has 1 saturated heterocycles. The zero-order valence-corrected chi connectivity index (χ0v) is 20.7. The highest BCUT2D eigenvalue weighted by Crippen LogP contribution is 2.29. The van der Waals surface area contributed by atoms with Gasteiger partial charge in [0, 0.05) is 25.2 Å². The monoisotopic (exact) mass is 488 g/mol. The van der Waals surface area contributed by atoms with Gasteiger partial charge in [-0.05, 0) is 56.5 Å². The molecule has 1 N–H and O–H groups in total. The lowest BCUT2D eigenvalue weighted by Crippen LogP contribution is -2.48. The number of nitrogens with zero attached hydrogens (tertiary/aromatic N) is 3. The van der Waals surface area contributed by atoms with Gasteiger partial charge in [0.15, 0.2) is 0 Å². The van der Waals surface area contributed by atoms with Crippen LogP contribution in [0.2, 0.25) is 0 Å². The zero-order chi connectivity index (χ0) is 24.9. The summed E-state index contributed by atoms with van der Waals surface area (Å²) in [6.45, 7) is 6.43. The highest BCUT2D eigenvalue weighted by Gasteiger charge is 2.31. The number of nitrogens with one attached hydrogen (secondary N) is 1. The topological polar surface area (TPSA) is 113 Å². The van der Waals surface area contributed by atoms with Gasteiger partial charge in [0.25, 0.3) is 5.69 Å². The molecule has 0 aromatic heterocycles. The average molecular weight is 489 g/mol. The van der Waals surface area contributed by atoms with Gasteiger partial charge in [-0.15, -0.1) is 0 Å². The highest BCUT2D eigenvalue weighted by atomic mass is 32.2. The lowest BCUT2D eigenvalue weighted by Gasteiger charge is -2.29. The molecule has 0 spiro atoms. The second kappa shape index (κ2) is 11.0. The number of aryl methyl sites for hydroxylation is 1. The van der Waals surface area contributed by atoms with Gasteiger partial charge in [0.1, 0.15) is 6.04 Å². The Morgan fingerprint density at radius 2 is 1.82 bits per heavy atom. The molecule has 1 amide bonds. The van der Waals surface area contributed by atoms with Crippen molar-refractivity contribution in [3.8, 4) is 0 Å². The van der Waals surface area contributed by atoms with Crippen LogP contribution in [0.15, 0.2) is 42.5 Å². The number of benzene rings is 2. The van der Waals surface area contributed by atoms with Crippen molar-refractivity contribution in [1.29, 1.82) is 0 Å². The molecule has 1 atom stereocenters. The molecule has 1 aliphatic heterocycles. The van der Waals surface area contributed by atoms with Crippen molar-refractivity contribution >= 4 is 27.3 Å². The summed E-state index contributed by atoms with van der Waals surface area (Å²) in [6.07, 6.45) is 4.70. The maximum Gasteiger partial charge on any atom is 0.271 e. The molecule has 0 aliphatic carbocycles. The van der Waals surface area contributed by atoms with Gasteiger partial charge in [0.2, 0.25) is 15.9 Å². The summed E-state index contributed by atoms with van der Waals surface area (Å²) in [5.74, 6) is -0.488. The fourth-order valence-corrected chi connectivity index (χ4v) is 5.50. The van der Waals surface area contributed by atoms with Gasteiger partial charge in [-0.1, -0.05) is 36.8 Å². The average Bonchev–Trinajstić information content (AvgIpc) is 2.78. The second-order valence-corrected chi connectivity index (χ2v) is 10.7. The first-order valence-electron chi connectivity index (χ1n) is 11.4. The highest BCUT2D eigenvalue weighted by molar-refractivity contribution is 7.92. The Morgan fingerprint density at radius 1 is 1.15 bits per heavy atom. The number of sulfonamides is 1. The Bertz CT molecular complexity index is 1150. The van der Waals surface area contributed by atoms with Crippen LogP contribution in [0.1, 0.15) is 42.9 Å². The number of likely N-dealkylation sites (tertiary alicyclic amines) is 1. The van der Waals surface area contributed by atoms with Crippen LogP contribution in [-0.2, 0) is 27.9 Å². The fraction of sp³-hybridized carbons (Fsp3) is 0.458. The van der Waals surface area contributed by atoms with Crippen LogP contribution in [-0.4, -0.2) is 49.5 Å². The third-order valence-electron chi connectivity index (χ3n) is 6.04. The third kappa shape index (κ3) is 6.54. The molecule has 0 radical (unpaired) electrons. The maximum atomic E-state index is 13.0. The fourth-order valence-electron chi connectivity index (χ4n) is 4.28. The summed E-state index contributed by atoms with van der Waals surface area (Å²) in [5.41, 5.74) is 2.48. The number of nitro benzene ring substituents is 1. The van der Waals surface area contributed by atoms with E-state index in [1.165, 1.54) is 49.9 Å². The van der Waals surface area contributed by atoms with Crippen molar-refractivity contribution in [2.45, 2.75) is 52.2 Å². The van der Waals surface area contributed by atoms with Crippen LogP contribution in [0.5, 0.6) is 0 Å². The molecule has 1 heterocycles. The minimum Gasteiger partial charge on any atom is -0.350 e. The molecule has 0 bridgehead atoms. The standard InChI is InChI=1S/C24H32N4O5S/c1-18-10-11-22(28(30)31)15-23(18)27(34(3,32)33)19(2)24(29)25-16-20-8-7-9-21(14-20)17-26-12-5-4-6-13-26/h7-11,14-15,19H,4-6,12-13,16-17H2,1-3H3,(H,25,29)/t19-/m1/s1. The minimum atomic E-state index is -3.89. The Labute approximate surface area is 201 Å². The van der Waals surface area contributed by atoms with Crippen molar-refractivity contribution in [2.24, 2.45) is 0 Å². The number of carbonyl (C=O) groups is 1. The molecular formula is C24H32N4O5S. The van der Waals surface area contributed by atoms with E-state index in [0.29, 0.717) is 5.56 Å². The number of piperidine rings is 1. The largest absolute Gasteiger partial charge is 0.350 e. The Hall–Kier alpha value is -2.98. The van der Waals surface area contributed by atoms with Crippen molar-refractivity contribution in [2.75, 3.05) is 23.7 Å². The van der Waals surface area contributed by atoms with Crippen molar-refractivity contribution < 1.29 is 18.1 Å². The van der Waals surface area contributed by atoms with Gasteiger partial charge < -0.3 is 5.32 Å². The molecular weight excluding hydrogens is 456 g/mol. The van der Waals surface area contributed by atoms with Crippen LogP contribution in [0, 0.1) is 17.0 Å². The van der Waals surface area contributed by atoms with E-state index in [4.69, 9.17) is 0 Å². The number of anilines is 1. The molecule has 34 heavy (non-hydrogen) atoms. The number of rotatable bonds is 9. The van der Waals surface area contributed by atoms with Crippen LogP contribution >= 0.6 is 0 Å². The molecule has 10 heteroatoms. The van der Waals surface area contributed by atoms with Crippen LogP contribution in [0.3, 0.4) is 0 Å². The van der Waals surface area contributed by atoms with E-state index in [2.05, 4.69) is 22.3 Å². The van der Waals surface area contributed by atoms with Gasteiger partial charge in [-0.3, -0.25) is 24.1 Å². The van der Waals surface area contributed by atoms with Crippen LogP contribution < -0.4 is 9.62 Å². The lowest BCUT2D eigenvalue weighted by atomic mass is 10.1. The predicted molar refractivity (Wildman–Crippen MR) is 132 cm³/mol. The first-order chi connectivity index (χ1) is 16.1. The molecule has 0 unspecified atom stereocenters. The molecule has 0 saturated carbocycles. The first kappa shape index (κ1) is 25.6. The van der Waals surface area contributed by atoms with E-state index in [0.717, 1.165) is 35.8 Å². The van der Waals surface area contributed by atoms with E-state index in [9.17, 15) is 23.3 Å². The summed E-state index contributed by atoms with van der Waals surface area (Å²) in [6, 6.07) is 10.9. The summed E-state index contributed by atoms with van der Waals surface area (Å²) in [4.78, 5) is 26.0. The molecule has 2 aromatic rings. The normalized spacial score (nSPS) is 15.5. The zero-order valence-electron chi connectivity index (χ0n) is 19.9. The maximum absolute atomic E-state index is 13.0. The van der Waals surface area contributed by atoms with E-state index < -0.39 is 26.9 Å². The summed E-state index contributed by atoms with van der Waals surface area (Å²) < 4.78 is 26.1. The number of nitro groups is 1. The van der Waals surface area contributed by atoms with Gasteiger partial charge in [-0.25, -0.2) is 8.42 Å². The van der Waals surface area contributed by atoms with Crippen LogP contribution in [0.25, 0.3) is 0 Å². The lowest BCUT2D eigenvalue weighted by molar-refractivity contribution is -0.384. The summed E-state index contributed by atoms with van der Waals surface area (Å²) >= 11 is 0. The molecule has 1 aliphatic rings. The minimum absolute atomic E-state index is 0.114. The van der Waals surface area contributed by atoms with E-state index in [-0.39, 0.29) is 17.9 Å². The van der Waals surface area contributed by atoms with E-state index >= 15 is 0 Å². The number of hydrogen-bond acceptors (Lipinski definition) is 6. The quantitative estimate of drug-likeness (QED) is 0.428. The van der Waals surface area contributed by atoms with Crippen molar-refractivity contribution in [3.05, 3.63) is 69.3 Å². The Balaban J connectivity index is 1.73. The van der Waals surface area contributed by atoms with Gasteiger partial charge in [-0.2, -0.15) is 0 Å². The number of hydrogen-bond donors (Lipinski definition) is 1. The van der Waals surface area contributed by atoms with Crippen molar-refractivity contribution in [1.82, 2.24) is 10.2 Å². The molecule has 1 fully saturated rings.